The van der Waals surface area contributed by atoms with Crippen molar-refractivity contribution >= 4 is 39.9 Å². The molecule has 4 rings (SSSR count). The Morgan fingerprint density at radius 3 is 2.72 bits per heavy atom. The lowest BCUT2D eigenvalue weighted by atomic mass is 10.1. The normalized spacial score (nSPS) is 16.1. The molecular formula is C21H19ClN4O2S. The summed E-state index contributed by atoms with van der Waals surface area (Å²) in [4.78, 5) is 27.3. The van der Waals surface area contributed by atoms with Crippen molar-refractivity contribution in [2.75, 3.05) is 11.9 Å². The van der Waals surface area contributed by atoms with Gasteiger partial charge in [-0.25, -0.2) is 0 Å². The summed E-state index contributed by atoms with van der Waals surface area (Å²) in [5, 5.41) is 12.7. The molecule has 1 aliphatic heterocycles. The van der Waals surface area contributed by atoms with Crippen molar-refractivity contribution in [2.45, 2.75) is 25.8 Å². The first-order chi connectivity index (χ1) is 14.0. The highest BCUT2D eigenvalue weighted by atomic mass is 35.5. The zero-order chi connectivity index (χ0) is 20.4. The number of likely N-dealkylation sites (tertiary alicyclic amines) is 1. The van der Waals surface area contributed by atoms with E-state index in [1.807, 2.05) is 31.2 Å². The number of anilines is 1. The first-order valence-electron chi connectivity index (χ1n) is 9.29. The summed E-state index contributed by atoms with van der Waals surface area (Å²) in [5.74, 6) is -0.438. The van der Waals surface area contributed by atoms with E-state index in [4.69, 9.17) is 11.6 Å². The van der Waals surface area contributed by atoms with Crippen LogP contribution in [0.2, 0.25) is 5.02 Å². The molecule has 0 saturated carbocycles. The zero-order valence-corrected chi connectivity index (χ0v) is 17.3. The first kappa shape index (κ1) is 19.5. The van der Waals surface area contributed by atoms with E-state index in [1.54, 1.807) is 29.2 Å². The van der Waals surface area contributed by atoms with Gasteiger partial charge in [0, 0.05) is 22.7 Å². The van der Waals surface area contributed by atoms with E-state index < -0.39 is 6.04 Å². The summed E-state index contributed by atoms with van der Waals surface area (Å²) >= 11 is 7.31. The number of hydrogen-bond donors (Lipinski definition) is 1. The number of aromatic nitrogens is 2. The average molecular weight is 427 g/mol. The highest BCUT2D eigenvalue weighted by Gasteiger charge is 2.35. The molecule has 0 aliphatic carbocycles. The van der Waals surface area contributed by atoms with Crippen LogP contribution in [0.5, 0.6) is 0 Å². The summed E-state index contributed by atoms with van der Waals surface area (Å²) in [5.41, 5.74) is 2.60. The Kier molecular flexibility index (Phi) is 5.60. The molecule has 0 bridgehead atoms. The molecule has 8 heteroatoms. The van der Waals surface area contributed by atoms with E-state index >= 15 is 0 Å². The quantitative estimate of drug-likeness (QED) is 0.670. The molecule has 6 nitrogen and oxygen atoms in total. The van der Waals surface area contributed by atoms with Gasteiger partial charge in [0.05, 0.1) is 0 Å². The van der Waals surface area contributed by atoms with E-state index in [0.29, 0.717) is 28.7 Å². The van der Waals surface area contributed by atoms with E-state index in [1.165, 1.54) is 11.3 Å². The predicted molar refractivity (Wildman–Crippen MR) is 114 cm³/mol. The number of rotatable bonds is 4. The second-order valence-corrected chi connectivity index (χ2v) is 8.35. The molecule has 3 aromatic rings. The second kappa shape index (κ2) is 8.31. The molecule has 1 N–H and O–H groups in total. The average Bonchev–Trinajstić information content (AvgIpc) is 3.38. The molecule has 1 atom stereocenters. The molecule has 2 aromatic carbocycles. The fourth-order valence-corrected chi connectivity index (χ4v) is 4.29. The maximum Gasteiger partial charge on any atom is 0.254 e. The van der Waals surface area contributed by atoms with Gasteiger partial charge < -0.3 is 4.90 Å². The van der Waals surface area contributed by atoms with Gasteiger partial charge in [-0.2, -0.15) is 0 Å². The van der Waals surface area contributed by atoms with Gasteiger partial charge in [-0.05, 0) is 38.0 Å². The molecule has 29 heavy (non-hydrogen) atoms. The molecule has 2 amide bonds. The molecule has 1 fully saturated rings. The standard InChI is InChI=1S/C21H19ClN4O2S/c1-13-7-9-14(10-8-13)19-24-25-21(29-19)23-18(27)17-6-3-11-26(17)20(28)15-4-2-5-16(22)12-15/h2,4-5,7-10,12,17H,3,6,11H2,1H3,(H,23,25,27). The Morgan fingerprint density at radius 2 is 1.97 bits per heavy atom. The molecule has 0 radical (unpaired) electrons. The minimum Gasteiger partial charge on any atom is -0.327 e. The van der Waals surface area contributed by atoms with Crippen molar-refractivity contribution in [1.29, 1.82) is 0 Å². The lowest BCUT2D eigenvalue weighted by Gasteiger charge is -2.23. The highest BCUT2D eigenvalue weighted by Crippen LogP contribution is 2.28. The van der Waals surface area contributed by atoms with Gasteiger partial charge >= 0.3 is 0 Å². The number of aryl methyl sites for hydroxylation is 1. The molecule has 2 heterocycles. The van der Waals surface area contributed by atoms with E-state index in [-0.39, 0.29) is 11.8 Å². The Morgan fingerprint density at radius 1 is 1.17 bits per heavy atom. The second-order valence-electron chi connectivity index (χ2n) is 6.93. The van der Waals surface area contributed by atoms with Crippen LogP contribution in [0.1, 0.15) is 28.8 Å². The molecular weight excluding hydrogens is 408 g/mol. The van der Waals surface area contributed by atoms with Crippen LogP contribution >= 0.6 is 22.9 Å². The van der Waals surface area contributed by atoms with Crippen LogP contribution in [0.15, 0.2) is 48.5 Å². The lowest BCUT2D eigenvalue weighted by molar-refractivity contribution is -0.119. The Balaban J connectivity index is 1.46. The van der Waals surface area contributed by atoms with Gasteiger partial charge in [-0.1, -0.05) is 58.8 Å². The van der Waals surface area contributed by atoms with E-state index in [0.717, 1.165) is 22.6 Å². The third-order valence-corrected chi connectivity index (χ3v) is 5.96. The van der Waals surface area contributed by atoms with Gasteiger partial charge in [-0.3, -0.25) is 14.9 Å². The van der Waals surface area contributed by atoms with Gasteiger partial charge in [0.1, 0.15) is 11.0 Å². The highest BCUT2D eigenvalue weighted by molar-refractivity contribution is 7.18. The maximum atomic E-state index is 12.8. The van der Waals surface area contributed by atoms with E-state index in [9.17, 15) is 9.59 Å². The molecule has 1 unspecified atom stereocenters. The fraction of sp³-hybridized carbons (Fsp3) is 0.238. The number of hydrogen-bond acceptors (Lipinski definition) is 5. The summed E-state index contributed by atoms with van der Waals surface area (Å²) in [6.45, 7) is 2.56. The number of halogens is 1. The number of benzene rings is 2. The number of carbonyl (C=O) groups excluding carboxylic acids is 2. The van der Waals surface area contributed by atoms with Crippen molar-refractivity contribution in [3.8, 4) is 10.6 Å². The topological polar surface area (TPSA) is 75.2 Å². The van der Waals surface area contributed by atoms with Crippen LogP contribution in [0.25, 0.3) is 10.6 Å². The fourth-order valence-electron chi connectivity index (χ4n) is 3.34. The lowest BCUT2D eigenvalue weighted by Crippen LogP contribution is -2.43. The first-order valence-corrected chi connectivity index (χ1v) is 10.5. The molecule has 1 aliphatic rings. The van der Waals surface area contributed by atoms with Crippen molar-refractivity contribution in [1.82, 2.24) is 15.1 Å². The Bertz CT molecular complexity index is 1050. The number of nitrogens with one attached hydrogen (secondary N) is 1. The number of nitrogens with zero attached hydrogens (tertiary/aromatic N) is 3. The minimum atomic E-state index is -0.534. The molecule has 148 valence electrons. The van der Waals surface area contributed by atoms with Crippen LogP contribution in [-0.4, -0.2) is 39.5 Å². The monoisotopic (exact) mass is 426 g/mol. The SMILES string of the molecule is Cc1ccc(-c2nnc(NC(=O)C3CCCN3C(=O)c3cccc(Cl)c3)s2)cc1. The predicted octanol–water partition coefficient (Wildman–Crippen LogP) is 4.41. The largest absolute Gasteiger partial charge is 0.327 e. The zero-order valence-electron chi connectivity index (χ0n) is 15.8. The van der Waals surface area contributed by atoms with Crippen molar-refractivity contribution in [2.24, 2.45) is 0 Å². The molecule has 1 saturated heterocycles. The van der Waals surface area contributed by atoms with Crippen molar-refractivity contribution in [3.63, 3.8) is 0 Å². The van der Waals surface area contributed by atoms with Gasteiger partial charge in [0.25, 0.3) is 5.91 Å². The molecule has 0 spiro atoms. The maximum absolute atomic E-state index is 12.8. The Hall–Kier alpha value is -2.77. The number of amides is 2. The summed E-state index contributed by atoms with van der Waals surface area (Å²) in [6, 6.07) is 14.2. The van der Waals surface area contributed by atoms with Crippen molar-refractivity contribution in [3.05, 3.63) is 64.7 Å². The minimum absolute atomic E-state index is 0.192. The van der Waals surface area contributed by atoms with E-state index in [2.05, 4.69) is 15.5 Å². The van der Waals surface area contributed by atoms with Crippen molar-refractivity contribution < 1.29 is 9.59 Å². The summed E-state index contributed by atoms with van der Waals surface area (Å²) in [7, 11) is 0. The third kappa shape index (κ3) is 4.31. The van der Waals surface area contributed by atoms with Crippen LogP contribution in [-0.2, 0) is 4.79 Å². The summed E-state index contributed by atoms with van der Waals surface area (Å²) in [6.07, 6.45) is 1.39. The Labute approximate surface area is 177 Å². The van der Waals surface area contributed by atoms with Crippen LogP contribution < -0.4 is 5.32 Å². The van der Waals surface area contributed by atoms with Crippen LogP contribution in [0.4, 0.5) is 5.13 Å². The van der Waals surface area contributed by atoms with Gasteiger partial charge in [-0.15, -0.1) is 10.2 Å². The summed E-state index contributed by atoms with van der Waals surface area (Å²) < 4.78 is 0. The third-order valence-electron chi connectivity index (χ3n) is 4.84. The van der Waals surface area contributed by atoms with Crippen LogP contribution in [0, 0.1) is 6.92 Å². The number of carbonyl (C=O) groups is 2. The van der Waals surface area contributed by atoms with Gasteiger partial charge in [0.15, 0.2) is 0 Å². The van der Waals surface area contributed by atoms with Crippen LogP contribution in [0.3, 0.4) is 0 Å². The molecule has 1 aromatic heterocycles. The van der Waals surface area contributed by atoms with Gasteiger partial charge in [0.2, 0.25) is 11.0 Å². The smallest absolute Gasteiger partial charge is 0.254 e.